The molecule has 1 amide bonds. The zero-order valence-electron chi connectivity index (χ0n) is 18.1. The number of piperidine rings is 1. The average Bonchev–Trinajstić information content (AvgIpc) is 3.50. The first kappa shape index (κ1) is 20.3. The van der Waals surface area contributed by atoms with Crippen molar-refractivity contribution in [1.29, 1.82) is 0 Å². The van der Waals surface area contributed by atoms with Crippen LogP contribution in [0.1, 0.15) is 57.1 Å². The van der Waals surface area contributed by atoms with Crippen molar-refractivity contribution in [2.45, 2.75) is 81.5 Å². The van der Waals surface area contributed by atoms with Gasteiger partial charge in [-0.2, -0.15) is 0 Å². The van der Waals surface area contributed by atoms with Crippen molar-refractivity contribution in [3.63, 3.8) is 0 Å². The summed E-state index contributed by atoms with van der Waals surface area (Å²) < 4.78 is 0. The van der Waals surface area contributed by atoms with Gasteiger partial charge >= 0.3 is 0 Å². The summed E-state index contributed by atoms with van der Waals surface area (Å²) in [4.78, 5) is 14.9. The van der Waals surface area contributed by atoms with Crippen LogP contribution in [0.15, 0.2) is 18.2 Å². The van der Waals surface area contributed by atoms with Crippen molar-refractivity contribution in [2.24, 2.45) is 17.6 Å². The molecule has 1 saturated heterocycles. The van der Waals surface area contributed by atoms with E-state index in [9.17, 15) is 15.0 Å². The number of carbonyl (C=O) groups is 1. The van der Waals surface area contributed by atoms with Crippen LogP contribution in [0.5, 0.6) is 5.75 Å². The number of hydrogen-bond acceptors (Lipinski definition) is 5. The van der Waals surface area contributed by atoms with Gasteiger partial charge in [-0.1, -0.05) is 19.9 Å². The normalized spacial score (nSPS) is 38.1. The average molecular weight is 414 g/mol. The lowest BCUT2D eigenvalue weighted by molar-refractivity contribution is -0.175. The Labute approximate surface area is 178 Å². The molecule has 3 fully saturated rings. The minimum atomic E-state index is -0.967. The SMILES string of the molecule is CC(C)C(=O)NC1CC2(O)C3Cc4ccc(O)cc4C2(CCN3CC2CC2)CC1N. The Balaban J connectivity index is 1.56. The van der Waals surface area contributed by atoms with E-state index >= 15 is 0 Å². The third-order valence-corrected chi connectivity index (χ3v) is 8.34. The smallest absolute Gasteiger partial charge is 0.222 e. The van der Waals surface area contributed by atoms with Crippen molar-refractivity contribution in [1.82, 2.24) is 10.2 Å². The van der Waals surface area contributed by atoms with E-state index in [4.69, 9.17) is 5.73 Å². The second-order valence-electron chi connectivity index (χ2n) is 10.6. The Hall–Kier alpha value is -1.63. The standard InChI is InChI=1S/C24H35N3O3/c1-14(2)22(29)26-20-12-24(30)21-9-16-5-6-17(28)10-18(16)23(24,11-19(20)25)7-8-27(21)13-15-3-4-15/h5-6,10,14-15,19-21,28,30H,3-4,7-9,11-13,25H2,1-2H3,(H,26,29). The monoisotopic (exact) mass is 413 g/mol. The fraction of sp³-hybridized carbons (Fsp3) is 0.708. The summed E-state index contributed by atoms with van der Waals surface area (Å²) in [5, 5.41) is 25.8. The molecule has 4 aliphatic rings. The molecule has 30 heavy (non-hydrogen) atoms. The number of amides is 1. The molecule has 0 radical (unpaired) electrons. The minimum Gasteiger partial charge on any atom is -0.508 e. The Bertz CT molecular complexity index is 854. The van der Waals surface area contributed by atoms with Crippen LogP contribution in [-0.2, 0) is 16.6 Å². The lowest BCUT2D eigenvalue weighted by Gasteiger charge is -2.65. The lowest BCUT2D eigenvalue weighted by Crippen LogP contribution is -2.77. The van der Waals surface area contributed by atoms with Gasteiger partial charge in [-0.05, 0) is 67.8 Å². The van der Waals surface area contributed by atoms with E-state index < -0.39 is 11.0 Å². The second-order valence-corrected chi connectivity index (χ2v) is 10.6. The van der Waals surface area contributed by atoms with Crippen molar-refractivity contribution < 1.29 is 15.0 Å². The first-order valence-corrected chi connectivity index (χ1v) is 11.6. The molecule has 5 atom stereocenters. The predicted octanol–water partition coefficient (Wildman–Crippen LogP) is 1.66. The van der Waals surface area contributed by atoms with Gasteiger partial charge in [0.1, 0.15) is 5.75 Å². The van der Waals surface area contributed by atoms with E-state index in [1.54, 1.807) is 6.07 Å². The molecular weight excluding hydrogens is 378 g/mol. The van der Waals surface area contributed by atoms with Crippen LogP contribution < -0.4 is 11.1 Å². The number of nitrogens with two attached hydrogens (primary N) is 1. The zero-order valence-corrected chi connectivity index (χ0v) is 18.1. The van der Waals surface area contributed by atoms with Crippen molar-refractivity contribution in [2.75, 3.05) is 13.1 Å². The van der Waals surface area contributed by atoms with Gasteiger partial charge in [-0.15, -0.1) is 0 Å². The summed E-state index contributed by atoms with van der Waals surface area (Å²) in [6.07, 6.45) is 5.27. The Kier molecular flexibility index (Phi) is 4.69. The first-order valence-electron chi connectivity index (χ1n) is 11.6. The van der Waals surface area contributed by atoms with E-state index in [0.29, 0.717) is 12.8 Å². The number of phenolic OH excluding ortho intramolecular Hbond substituents is 1. The molecule has 0 spiro atoms. The highest BCUT2D eigenvalue weighted by atomic mass is 16.3. The fourth-order valence-corrected chi connectivity index (χ4v) is 6.50. The van der Waals surface area contributed by atoms with Gasteiger partial charge in [0.15, 0.2) is 0 Å². The number of fused-ring (bicyclic) bond motifs is 1. The number of carbonyl (C=O) groups excluding carboxylic acids is 1. The van der Waals surface area contributed by atoms with Crippen LogP contribution in [0.25, 0.3) is 0 Å². The maximum atomic E-state index is 12.4. The molecule has 6 heteroatoms. The molecule has 5 N–H and O–H groups in total. The molecule has 5 rings (SSSR count). The predicted molar refractivity (Wildman–Crippen MR) is 115 cm³/mol. The molecule has 1 aliphatic heterocycles. The number of nitrogens with zero attached hydrogens (tertiary/aromatic N) is 1. The molecule has 2 saturated carbocycles. The summed E-state index contributed by atoms with van der Waals surface area (Å²) in [5.41, 5.74) is 7.49. The molecule has 1 aromatic rings. The van der Waals surface area contributed by atoms with Gasteiger partial charge in [0.25, 0.3) is 0 Å². The number of phenols is 1. The quantitative estimate of drug-likeness (QED) is 0.602. The van der Waals surface area contributed by atoms with Crippen LogP contribution in [0, 0.1) is 11.8 Å². The van der Waals surface area contributed by atoms with Gasteiger partial charge in [-0.25, -0.2) is 0 Å². The number of aromatic hydroxyl groups is 1. The molecule has 0 aromatic heterocycles. The Morgan fingerprint density at radius 2 is 2.10 bits per heavy atom. The number of hydrogen-bond donors (Lipinski definition) is 4. The maximum Gasteiger partial charge on any atom is 0.222 e. The number of aliphatic hydroxyl groups is 1. The summed E-state index contributed by atoms with van der Waals surface area (Å²) in [5.74, 6) is 0.874. The molecule has 1 heterocycles. The highest BCUT2D eigenvalue weighted by molar-refractivity contribution is 5.78. The van der Waals surface area contributed by atoms with Gasteiger partial charge in [0.2, 0.25) is 5.91 Å². The van der Waals surface area contributed by atoms with E-state index in [0.717, 1.165) is 37.4 Å². The van der Waals surface area contributed by atoms with E-state index in [2.05, 4.69) is 10.2 Å². The molecule has 3 aliphatic carbocycles. The third-order valence-electron chi connectivity index (χ3n) is 8.34. The fourth-order valence-electron chi connectivity index (χ4n) is 6.50. The van der Waals surface area contributed by atoms with Crippen molar-refractivity contribution >= 4 is 5.91 Å². The number of likely N-dealkylation sites (tertiary alicyclic amines) is 1. The van der Waals surface area contributed by atoms with E-state index in [1.165, 1.54) is 18.4 Å². The highest BCUT2D eigenvalue weighted by Crippen LogP contribution is 2.58. The minimum absolute atomic E-state index is 0.0103. The molecule has 1 aromatic carbocycles. The molecular formula is C24H35N3O3. The number of rotatable bonds is 4. The topological polar surface area (TPSA) is 98.8 Å². The molecule has 6 nitrogen and oxygen atoms in total. The van der Waals surface area contributed by atoms with Crippen LogP contribution in [-0.4, -0.2) is 57.8 Å². The Morgan fingerprint density at radius 1 is 1.33 bits per heavy atom. The van der Waals surface area contributed by atoms with E-state index in [-0.39, 0.29) is 35.7 Å². The molecule has 164 valence electrons. The molecule has 2 bridgehead atoms. The van der Waals surface area contributed by atoms with Gasteiger partial charge in [0, 0.05) is 42.4 Å². The van der Waals surface area contributed by atoms with Crippen LogP contribution in [0.2, 0.25) is 0 Å². The van der Waals surface area contributed by atoms with Crippen molar-refractivity contribution in [3.05, 3.63) is 29.3 Å². The number of benzene rings is 1. The van der Waals surface area contributed by atoms with Gasteiger partial charge in [0.05, 0.1) is 5.60 Å². The highest BCUT2D eigenvalue weighted by Gasteiger charge is 2.66. The van der Waals surface area contributed by atoms with Crippen LogP contribution in [0.3, 0.4) is 0 Å². The summed E-state index contributed by atoms with van der Waals surface area (Å²) in [6.45, 7) is 5.76. The van der Waals surface area contributed by atoms with Crippen molar-refractivity contribution in [3.8, 4) is 5.75 Å². The summed E-state index contributed by atoms with van der Waals surface area (Å²) in [6, 6.07) is 5.20. The lowest BCUT2D eigenvalue weighted by atomic mass is 9.48. The molecule has 5 unspecified atom stereocenters. The van der Waals surface area contributed by atoms with E-state index in [1.807, 2.05) is 26.0 Å². The van der Waals surface area contributed by atoms with Crippen LogP contribution in [0.4, 0.5) is 0 Å². The third kappa shape index (κ3) is 2.99. The van der Waals surface area contributed by atoms with Crippen LogP contribution >= 0.6 is 0 Å². The number of nitrogens with one attached hydrogen (secondary N) is 1. The second kappa shape index (κ2) is 6.94. The largest absolute Gasteiger partial charge is 0.508 e. The maximum absolute atomic E-state index is 12.4. The van der Waals surface area contributed by atoms with Gasteiger partial charge < -0.3 is 21.3 Å². The summed E-state index contributed by atoms with van der Waals surface area (Å²) >= 11 is 0. The zero-order chi connectivity index (χ0) is 21.3. The Morgan fingerprint density at radius 3 is 2.80 bits per heavy atom. The van der Waals surface area contributed by atoms with Gasteiger partial charge in [-0.3, -0.25) is 9.69 Å². The summed E-state index contributed by atoms with van der Waals surface area (Å²) in [7, 11) is 0. The first-order chi connectivity index (χ1) is 14.2.